The Morgan fingerprint density at radius 1 is 1.52 bits per heavy atom. The van der Waals surface area contributed by atoms with Gasteiger partial charge in [-0.25, -0.2) is 0 Å². The van der Waals surface area contributed by atoms with Crippen LogP contribution in [0.5, 0.6) is 0 Å². The van der Waals surface area contributed by atoms with Gasteiger partial charge in [0, 0.05) is 24.1 Å². The highest BCUT2D eigenvalue weighted by Crippen LogP contribution is 2.29. The second kappa shape index (κ2) is 9.73. The lowest BCUT2D eigenvalue weighted by Crippen LogP contribution is -2.08. The van der Waals surface area contributed by atoms with Crippen LogP contribution < -0.4 is 0 Å². The van der Waals surface area contributed by atoms with Gasteiger partial charge in [-0.15, -0.1) is 0 Å². The molecule has 116 valence electrons. The predicted octanol–water partition coefficient (Wildman–Crippen LogP) is 3.43. The molecule has 6 nitrogen and oxygen atoms in total. The molecule has 0 amide bonds. The predicted molar refractivity (Wildman–Crippen MR) is 69.2 cm³/mol. The Bertz CT molecular complexity index is 470. The summed E-state index contributed by atoms with van der Waals surface area (Å²) in [5.41, 5.74) is 7.61. The van der Waals surface area contributed by atoms with Gasteiger partial charge >= 0.3 is 6.18 Å². The van der Waals surface area contributed by atoms with E-state index in [0.29, 0.717) is 12.0 Å². The Morgan fingerprint density at radius 2 is 2.14 bits per heavy atom. The minimum Gasteiger partial charge on any atom is -0.396 e. The molecule has 1 rings (SSSR count). The van der Waals surface area contributed by atoms with E-state index in [0.717, 1.165) is 18.5 Å². The van der Waals surface area contributed by atoms with E-state index in [1.54, 1.807) is 0 Å². The normalized spacial score (nSPS) is 11.7. The van der Waals surface area contributed by atoms with Crippen LogP contribution in [0.2, 0.25) is 0 Å². The summed E-state index contributed by atoms with van der Waals surface area (Å²) in [6.07, 6.45) is -1.85. The average Bonchev–Trinajstić information content (AvgIpc) is 2.46. The number of azide groups is 1. The molecule has 0 saturated carbocycles. The molecule has 0 saturated heterocycles. The number of hydrogen-bond donors (Lipinski definition) is 1. The number of halogens is 3. The minimum atomic E-state index is -4.50. The van der Waals surface area contributed by atoms with Gasteiger partial charge in [-0.3, -0.25) is 4.98 Å². The van der Waals surface area contributed by atoms with E-state index >= 15 is 0 Å². The van der Waals surface area contributed by atoms with Gasteiger partial charge in [0.2, 0.25) is 0 Å². The smallest absolute Gasteiger partial charge is 0.396 e. The molecule has 1 N–H and O–H groups in total. The Hall–Kier alpha value is -2.12. The molecule has 9 heteroatoms. The summed E-state index contributed by atoms with van der Waals surface area (Å²) in [7, 11) is 0. The molecule has 0 aromatic carbocycles. The van der Waals surface area contributed by atoms with Crippen LogP contribution in [-0.2, 0) is 11.0 Å². The average molecular weight is 304 g/mol. The number of nitrogens with zero attached hydrogens (tertiary/aromatic N) is 4. The van der Waals surface area contributed by atoms with Crippen LogP contribution in [0.15, 0.2) is 23.4 Å². The molecule has 1 atom stereocenters. The van der Waals surface area contributed by atoms with Gasteiger partial charge in [-0.1, -0.05) is 18.1 Å². The zero-order chi connectivity index (χ0) is 16.3. The molecular weight excluding hydrogens is 289 g/mol. The van der Waals surface area contributed by atoms with Crippen molar-refractivity contribution in [3.05, 3.63) is 40.0 Å². The van der Waals surface area contributed by atoms with Crippen molar-refractivity contribution in [2.45, 2.75) is 32.0 Å². The summed E-state index contributed by atoms with van der Waals surface area (Å²) in [5, 5.41) is 12.1. The third-order valence-electron chi connectivity index (χ3n) is 2.22. The number of rotatable bonds is 5. The van der Waals surface area contributed by atoms with Crippen molar-refractivity contribution < 1.29 is 23.1 Å². The van der Waals surface area contributed by atoms with Crippen molar-refractivity contribution in [3.8, 4) is 0 Å². The van der Waals surface area contributed by atoms with Crippen molar-refractivity contribution in [1.29, 1.82) is 0 Å². The molecule has 1 aromatic heterocycles. The lowest BCUT2D eigenvalue weighted by molar-refractivity contribution is -0.141. The summed E-state index contributed by atoms with van der Waals surface area (Å²) in [5.74, 6) is 0. The molecule has 1 aromatic rings. The highest BCUT2D eigenvalue weighted by molar-refractivity contribution is 5.48. The molecule has 1 unspecified atom stereocenters. The maximum atomic E-state index is 12.2. The summed E-state index contributed by atoms with van der Waals surface area (Å²) >= 11 is 0. The Balaban J connectivity index is 0.000000885. The molecule has 0 bridgehead atoms. The lowest BCUT2D eigenvalue weighted by Gasteiger charge is -2.11. The number of aliphatic hydroxyl groups excluding tert-OH is 1. The maximum absolute atomic E-state index is 12.2. The van der Waals surface area contributed by atoms with Gasteiger partial charge in [0.05, 0.1) is 6.04 Å². The third-order valence-corrected chi connectivity index (χ3v) is 2.22. The number of aldehydes is 1. The molecule has 21 heavy (non-hydrogen) atoms. The molecular formula is C12H15F3N4O2. The summed E-state index contributed by atoms with van der Waals surface area (Å²) < 4.78 is 36.7. The van der Waals surface area contributed by atoms with Crippen LogP contribution in [0.25, 0.3) is 10.4 Å². The molecule has 0 aliphatic heterocycles. The second-order valence-electron chi connectivity index (χ2n) is 3.78. The number of aliphatic hydroxyl groups is 1. The highest BCUT2D eigenvalue weighted by Gasteiger charge is 2.32. The van der Waals surface area contributed by atoms with Crippen LogP contribution in [-0.4, -0.2) is 23.0 Å². The van der Waals surface area contributed by atoms with Gasteiger partial charge in [0.25, 0.3) is 0 Å². The van der Waals surface area contributed by atoms with Gasteiger partial charge in [0.1, 0.15) is 12.0 Å². The lowest BCUT2D eigenvalue weighted by atomic mass is 10.1. The van der Waals surface area contributed by atoms with Crippen LogP contribution in [0.4, 0.5) is 13.2 Å². The largest absolute Gasteiger partial charge is 0.433 e. The van der Waals surface area contributed by atoms with Crippen molar-refractivity contribution in [2.75, 3.05) is 6.61 Å². The van der Waals surface area contributed by atoms with E-state index in [1.165, 1.54) is 6.07 Å². The number of aromatic nitrogens is 1. The fraction of sp³-hybridized carbons (Fsp3) is 0.500. The number of alkyl halides is 3. The Labute approximate surface area is 119 Å². The molecule has 0 aliphatic carbocycles. The van der Waals surface area contributed by atoms with Gasteiger partial charge in [-0.2, -0.15) is 13.2 Å². The molecule has 0 radical (unpaired) electrons. The SMILES string of the molecule is CCC=O.[N-]=[N+]=NC(CCO)c1ccc(C(F)(F)F)nc1. The summed E-state index contributed by atoms with van der Waals surface area (Å²) in [6.45, 7) is 1.58. The molecule has 0 spiro atoms. The van der Waals surface area contributed by atoms with Gasteiger partial charge < -0.3 is 9.90 Å². The Kier molecular flexibility index (Phi) is 8.75. The summed E-state index contributed by atoms with van der Waals surface area (Å²) in [4.78, 5) is 15.0. The topological polar surface area (TPSA) is 99.0 Å². The van der Waals surface area contributed by atoms with E-state index in [1.807, 2.05) is 6.92 Å². The van der Waals surface area contributed by atoms with E-state index in [2.05, 4.69) is 15.0 Å². The fourth-order valence-electron chi connectivity index (χ4n) is 1.25. The first-order valence-corrected chi connectivity index (χ1v) is 6.02. The van der Waals surface area contributed by atoms with Crippen LogP contribution in [0, 0.1) is 0 Å². The zero-order valence-electron chi connectivity index (χ0n) is 11.3. The first kappa shape index (κ1) is 18.9. The van der Waals surface area contributed by atoms with Crippen LogP contribution >= 0.6 is 0 Å². The Morgan fingerprint density at radius 3 is 2.48 bits per heavy atom. The molecule has 0 fully saturated rings. The number of carbonyl (C=O) groups excluding carboxylic acids is 1. The van der Waals surface area contributed by atoms with Gasteiger partial charge in [-0.05, 0) is 23.6 Å². The quantitative estimate of drug-likeness (QED) is 0.390. The maximum Gasteiger partial charge on any atom is 0.433 e. The van der Waals surface area contributed by atoms with E-state index < -0.39 is 17.9 Å². The zero-order valence-corrected chi connectivity index (χ0v) is 11.3. The van der Waals surface area contributed by atoms with Crippen molar-refractivity contribution in [3.63, 3.8) is 0 Å². The van der Waals surface area contributed by atoms with Gasteiger partial charge in [0.15, 0.2) is 0 Å². The van der Waals surface area contributed by atoms with Crippen molar-refractivity contribution in [2.24, 2.45) is 5.11 Å². The third kappa shape index (κ3) is 7.28. The van der Waals surface area contributed by atoms with Crippen LogP contribution in [0.3, 0.4) is 0 Å². The standard InChI is InChI=1S/C9H9F3N4O.C3H6O/c10-9(11,12)8-2-1-6(5-14-8)7(3-4-17)15-16-13;1-2-3-4/h1-2,5,7,17H,3-4H2;3H,2H2,1H3. The molecule has 0 aliphatic rings. The monoisotopic (exact) mass is 304 g/mol. The highest BCUT2D eigenvalue weighted by atomic mass is 19.4. The first-order valence-electron chi connectivity index (χ1n) is 6.02. The second-order valence-corrected chi connectivity index (χ2v) is 3.78. The van der Waals surface area contributed by atoms with E-state index in [9.17, 15) is 18.0 Å². The molecule has 1 heterocycles. The minimum absolute atomic E-state index is 0.136. The first-order chi connectivity index (χ1) is 9.90. The van der Waals surface area contributed by atoms with E-state index in [-0.39, 0.29) is 13.0 Å². The van der Waals surface area contributed by atoms with Crippen molar-refractivity contribution >= 4 is 6.29 Å². The fourth-order valence-corrected chi connectivity index (χ4v) is 1.25. The van der Waals surface area contributed by atoms with Crippen molar-refractivity contribution in [1.82, 2.24) is 4.98 Å². The van der Waals surface area contributed by atoms with Crippen LogP contribution in [0.1, 0.15) is 37.1 Å². The number of pyridine rings is 1. The number of carbonyl (C=O) groups is 1. The number of hydrogen-bond acceptors (Lipinski definition) is 4. The van der Waals surface area contributed by atoms with E-state index in [4.69, 9.17) is 10.6 Å². The summed E-state index contributed by atoms with van der Waals surface area (Å²) in [6, 6.07) is 1.29.